The molecular weight excluding hydrogens is 216 g/mol. The smallest absolute Gasteiger partial charge is 0.303 e. The highest BCUT2D eigenvalue weighted by Gasteiger charge is 2.23. The summed E-state index contributed by atoms with van der Waals surface area (Å²) in [5.74, 6) is 0.805. The average Bonchev–Trinajstić information content (AvgIpc) is 2.76. The minimum atomic E-state index is -0.697. The molecule has 0 saturated carbocycles. The molecule has 1 atom stereocenters. The summed E-state index contributed by atoms with van der Waals surface area (Å²) in [5, 5.41) is 8.66. The molecule has 2 rings (SSSR count). The molecule has 1 fully saturated rings. The van der Waals surface area contributed by atoms with Crippen LogP contribution in [0.4, 0.5) is 5.82 Å². The topological polar surface area (TPSA) is 53.4 Å². The number of hydrogen-bond donors (Lipinski definition) is 1. The highest BCUT2D eigenvalue weighted by Crippen LogP contribution is 2.25. The standard InChI is InChI=1S/C13H18N2O2/c1-10-2-4-12(14-8-10)15-7-6-11(9-15)3-5-13(16)17/h2,4,8,11H,3,5-7,9H2,1H3,(H,16,17). The maximum absolute atomic E-state index is 10.5. The van der Waals surface area contributed by atoms with Crippen molar-refractivity contribution in [1.82, 2.24) is 4.98 Å². The summed E-state index contributed by atoms with van der Waals surface area (Å²) in [6, 6.07) is 4.10. The van der Waals surface area contributed by atoms with Gasteiger partial charge in [-0.1, -0.05) is 6.07 Å². The number of rotatable bonds is 4. The van der Waals surface area contributed by atoms with Crippen molar-refractivity contribution in [2.24, 2.45) is 5.92 Å². The zero-order chi connectivity index (χ0) is 12.3. The normalized spacial score (nSPS) is 19.6. The van der Waals surface area contributed by atoms with Crippen molar-refractivity contribution in [2.45, 2.75) is 26.2 Å². The quantitative estimate of drug-likeness (QED) is 0.866. The van der Waals surface area contributed by atoms with Gasteiger partial charge in [0, 0.05) is 25.7 Å². The van der Waals surface area contributed by atoms with Crippen LogP contribution >= 0.6 is 0 Å². The third-order valence-corrected chi connectivity index (χ3v) is 3.27. The molecule has 0 bridgehead atoms. The van der Waals surface area contributed by atoms with Gasteiger partial charge in [-0.05, 0) is 37.3 Å². The van der Waals surface area contributed by atoms with E-state index in [9.17, 15) is 4.79 Å². The predicted octanol–water partition coefficient (Wildman–Crippen LogP) is 2.08. The fourth-order valence-corrected chi connectivity index (χ4v) is 2.25. The molecule has 92 valence electrons. The van der Waals surface area contributed by atoms with Gasteiger partial charge >= 0.3 is 5.97 Å². The summed E-state index contributed by atoms with van der Waals surface area (Å²) < 4.78 is 0. The Hall–Kier alpha value is -1.58. The van der Waals surface area contributed by atoms with Gasteiger partial charge in [-0.2, -0.15) is 0 Å². The first kappa shape index (κ1) is 11.9. The highest BCUT2D eigenvalue weighted by molar-refractivity contribution is 5.66. The van der Waals surface area contributed by atoms with Gasteiger partial charge in [0.15, 0.2) is 0 Å². The molecule has 1 aliphatic rings. The van der Waals surface area contributed by atoms with Crippen LogP contribution in [0.3, 0.4) is 0 Å². The van der Waals surface area contributed by atoms with Crippen LogP contribution in [0.1, 0.15) is 24.8 Å². The van der Waals surface area contributed by atoms with E-state index in [2.05, 4.69) is 16.0 Å². The minimum absolute atomic E-state index is 0.278. The van der Waals surface area contributed by atoms with E-state index in [1.807, 2.05) is 19.2 Å². The van der Waals surface area contributed by atoms with E-state index < -0.39 is 5.97 Å². The number of carboxylic acids is 1. The van der Waals surface area contributed by atoms with Crippen molar-refractivity contribution in [1.29, 1.82) is 0 Å². The zero-order valence-corrected chi connectivity index (χ0v) is 10.1. The summed E-state index contributed by atoms with van der Waals surface area (Å²) in [7, 11) is 0. The molecule has 4 nitrogen and oxygen atoms in total. The van der Waals surface area contributed by atoms with E-state index in [1.165, 1.54) is 0 Å². The molecule has 1 unspecified atom stereocenters. The minimum Gasteiger partial charge on any atom is -0.481 e. The molecule has 1 saturated heterocycles. The summed E-state index contributed by atoms with van der Waals surface area (Å²) in [4.78, 5) is 17.2. The Morgan fingerprint density at radius 3 is 3.06 bits per heavy atom. The number of aromatic nitrogens is 1. The lowest BCUT2D eigenvalue weighted by atomic mass is 10.0. The lowest BCUT2D eigenvalue weighted by molar-refractivity contribution is -0.137. The van der Waals surface area contributed by atoms with Gasteiger partial charge in [-0.25, -0.2) is 4.98 Å². The molecule has 0 aliphatic carbocycles. The van der Waals surface area contributed by atoms with Gasteiger partial charge in [0.05, 0.1) is 0 Å². The lowest BCUT2D eigenvalue weighted by Gasteiger charge is -2.17. The first-order valence-corrected chi connectivity index (χ1v) is 6.04. The first-order valence-electron chi connectivity index (χ1n) is 6.04. The van der Waals surface area contributed by atoms with E-state index in [1.54, 1.807) is 0 Å². The SMILES string of the molecule is Cc1ccc(N2CCC(CCC(=O)O)C2)nc1. The summed E-state index contributed by atoms with van der Waals surface area (Å²) in [6.07, 6.45) is 4.00. The van der Waals surface area contributed by atoms with Crippen molar-refractivity contribution in [2.75, 3.05) is 18.0 Å². The van der Waals surface area contributed by atoms with E-state index in [-0.39, 0.29) is 6.42 Å². The van der Waals surface area contributed by atoms with Crippen LogP contribution in [-0.4, -0.2) is 29.1 Å². The molecule has 0 aromatic carbocycles. The Balaban J connectivity index is 1.89. The second-order valence-corrected chi connectivity index (χ2v) is 4.73. The number of anilines is 1. The first-order chi connectivity index (χ1) is 8.15. The van der Waals surface area contributed by atoms with Crippen molar-refractivity contribution < 1.29 is 9.90 Å². The van der Waals surface area contributed by atoms with Crippen LogP contribution in [0, 0.1) is 12.8 Å². The summed E-state index contributed by atoms with van der Waals surface area (Å²) in [5.41, 5.74) is 1.16. The number of aryl methyl sites for hydroxylation is 1. The van der Waals surface area contributed by atoms with Gasteiger partial charge in [0.2, 0.25) is 0 Å². The average molecular weight is 234 g/mol. The van der Waals surface area contributed by atoms with Crippen LogP contribution in [0.15, 0.2) is 18.3 Å². The summed E-state index contributed by atoms with van der Waals surface area (Å²) >= 11 is 0. The van der Waals surface area contributed by atoms with E-state index in [4.69, 9.17) is 5.11 Å². The highest BCUT2D eigenvalue weighted by atomic mass is 16.4. The molecule has 4 heteroatoms. The molecule has 1 N–H and O–H groups in total. The maximum atomic E-state index is 10.5. The monoisotopic (exact) mass is 234 g/mol. The van der Waals surface area contributed by atoms with Gasteiger partial charge in [-0.3, -0.25) is 4.79 Å². The number of hydrogen-bond acceptors (Lipinski definition) is 3. The summed E-state index contributed by atoms with van der Waals surface area (Å²) in [6.45, 7) is 3.94. The molecule has 0 spiro atoms. The number of carbonyl (C=O) groups is 1. The fraction of sp³-hybridized carbons (Fsp3) is 0.538. The molecule has 2 heterocycles. The maximum Gasteiger partial charge on any atom is 0.303 e. The number of pyridine rings is 1. The zero-order valence-electron chi connectivity index (χ0n) is 10.1. The van der Waals surface area contributed by atoms with Crippen LogP contribution in [0.2, 0.25) is 0 Å². The lowest BCUT2D eigenvalue weighted by Crippen LogP contribution is -2.20. The van der Waals surface area contributed by atoms with E-state index in [0.29, 0.717) is 5.92 Å². The molecule has 1 aromatic heterocycles. The number of aliphatic carboxylic acids is 1. The molecule has 0 radical (unpaired) electrons. The van der Waals surface area contributed by atoms with Crippen LogP contribution in [0.5, 0.6) is 0 Å². The van der Waals surface area contributed by atoms with Gasteiger partial charge in [0.25, 0.3) is 0 Å². The third-order valence-electron chi connectivity index (χ3n) is 3.27. The van der Waals surface area contributed by atoms with Crippen molar-refractivity contribution in [3.8, 4) is 0 Å². The molecule has 1 aromatic rings. The van der Waals surface area contributed by atoms with E-state index in [0.717, 1.165) is 37.3 Å². The van der Waals surface area contributed by atoms with Gasteiger partial charge in [-0.15, -0.1) is 0 Å². The van der Waals surface area contributed by atoms with Crippen molar-refractivity contribution in [3.63, 3.8) is 0 Å². The Morgan fingerprint density at radius 2 is 2.41 bits per heavy atom. The Labute approximate surface area is 101 Å². The number of nitrogens with zero attached hydrogens (tertiary/aromatic N) is 2. The van der Waals surface area contributed by atoms with Crippen LogP contribution < -0.4 is 4.90 Å². The Morgan fingerprint density at radius 1 is 1.59 bits per heavy atom. The largest absolute Gasteiger partial charge is 0.481 e. The second-order valence-electron chi connectivity index (χ2n) is 4.73. The predicted molar refractivity (Wildman–Crippen MR) is 66.2 cm³/mol. The third kappa shape index (κ3) is 3.19. The van der Waals surface area contributed by atoms with Gasteiger partial charge in [0.1, 0.15) is 5.82 Å². The van der Waals surface area contributed by atoms with Crippen molar-refractivity contribution >= 4 is 11.8 Å². The van der Waals surface area contributed by atoms with Crippen LogP contribution in [-0.2, 0) is 4.79 Å². The second kappa shape index (κ2) is 5.17. The number of carboxylic acid groups (broad SMARTS) is 1. The Kier molecular flexibility index (Phi) is 3.61. The molecule has 17 heavy (non-hydrogen) atoms. The Bertz CT molecular complexity index is 389. The van der Waals surface area contributed by atoms with E-state index >= 15 is 0 Å². The fourth-order valence-electron chi connectivity index (χ4n) is 2.25. The van der Waals surface area contributed by atoms with Crippen molar-refractivity contribution in [3.05, 3.63) is 23.9 Å². The molecule has 0 amide bonds. The van der Waals surface area contributed by atoms with Gasteiger partial charge < -0.3 is 10.0 Å². The molecular formula is C13H18N2O2. The van der Waals surface area contributed by atoms with Crippen LogP contribution in [0.25, 0.3) is 0 Å². The molecule has 1 aliphatic heterocycles.